The van der Waals surface area contributed by atoms with Crippen molar-refractivity contribution in [2.75, 3.05) is 5.73 Å². The van der Waals surface area contributed by atoms with E-state index < -0.39 is 18.7 Å². The van der Waals surface area contributed by atoms with Crippen LogP contribution in [0.2, 0.25) is 0 Å². The van der Waals surface area contributed by atoms with E-state index in [0.717, 1.165) is 0 Å². The predicted octanol–water partition coefficient (Wildman–Crippen LogP) is -0.0961. The standard InChI is InChI=1S/C11H16BNO4/c1-11(2,3)17-10(14)9-7(12(15)16)5-4-6-8(9)13/h4-6,15-16H,13H2,1-3H3. The quantitative estimate of drug-likeness (QED) is 0.379. The number of hydrogen-bond acceptors (Lipinski definition) is 5. The van der Waals surface area contributed by atoms with E-state index in [1.54, 1.807) is 20.8 Å². The molecule has 0 aliphatic carbocycles. The van der Waals surface area contributed by atoms with Crippen LogP contribution in [0.3, 0.4) is 0 Å². The Bertz CT molecular complexity index is 426. The van der Waals surface area contributed by atoms with Gasteiger partial charge >= 0.3 is 13.1 Å². The summed E-state index contributed by atoms with van der Waals surface area (Å²) in [6.07, 6.45) is 0. The van der Waals surface area contributed by atoms with Gasteiger partial charge in [0.25, 0.3) is 0 Å². The molecular weight excluding hydrogens is 221 g/mol. The molecule has 0 radical (unpaired) electrons. The van der Waals surface area contributed by atoms with Gasteiger partial charge < -0.3 is 20.5 Å². The monoisotopic (exact) mass is 237 g/mol. The van der Waals surface area contributed by atoms with Gasteiger partial charge in [-0.1, -0.05) is 12.1 Å². The van der Waals surface area contributed by atoms with Crippen molar-refractivity contribution >= 4 is 24.2 Å². The van der Waals surface area contributed by atoms with Gasteiger partial charge in [0.1, 0.15) is 5.60 Å². The predicted molar refractivity (Wildman–Crippen MR) is 65.8 cm³/mol. The maximum Gasteiger partial charge on any atom is 0.489 e. The number of rotatable bonds is 2. The number of benzene rings is 1. The van der Waals surface area contributed by atoms with E-state index in [9.17, 15) is 4.79 Å². The first-order valence-corrected chi connectivity index (χ1v) is 5.20. The third-order valence-corrected chi connectivity index (χ3v) is 2.01. The van der Waals surface area contributed by atoms with E-state index in [0.29, 0.717) is 0 Å². The number of anilines is 1. The van der Waals surface area contributed by atoms with E-state index in [1.165, 1.54) is 18.2 Å². The summed E-state index contributed by atoms with van der Waals surface area (Å²) < 4.78 is 5.15. The van der Waals surface area contributed by atoms with E-state index >= 15 is 0 Å². The van der Waals surface area contributed by atoms with Crippen molar-refractivity contribution in [2.45, 2.75) is 26.4 Å². The molecule has 4 N–H and O–H groups in total. The molecule has 0 aliphatic heterocycles. The first-order chi connectivity index (χ1) is 7.72. The lowest BCUT2D eigenvalue weighted by Gasteiger charge is -2.21. The van der Waals surface area contributed by atoms with Gasteiger partial charge in [0.05, 0.1) is 5.56 Å². The van der Waals surface area contributed by atoms with Gasteiger partial charge in [-0.15, -0.1) is 0 Å². The highest BCUT2D eigenvalue weighted by molar-refractivity contribution is 6.60. The van der Waals surface area contributed by atoms with Crippen LogP contribution in [-0.4, -0.2) is 28.7 Å². The second-order valence-corrected chi connectivity index (χ2v) is 4.69. The summed E-state index contributed by atoms with van der Waals surface area (Å²) in [5.41, 5.74) is 5.18. The third kappa shape index (κ3) is 3.47. The number of nitrogen functional groups attached to an aromatic ring is 1. The van der Waals surface area contributed by atoms with Crippen molar-refractivity contribution in [3.05, 3.63) is 23.8 Å². The van der Waals surface area contributed by atoms with Crippen LogP contribution in [0.25, 0.3) is 0 Å². The highest BCUT2D eigenvalue weighted by Gasteiger charge is 2.26. The van der Waals surface area contributed by atoms with Crippen LogP contribution < -0.4 is 11.2 Å². The molecule has 0 aromatic heterocycles. The molecule has 5 nitrogen and oxygen atoms in total. The van der Waals surface area contributed by atoms with Gasteiger partial charge in [-0.05, 0) is 32.3 Å². The van der Waals surface area contributed by atoms with Gasteiger partial charge in [0.2, 0.25) is 0 Å². The minimum Gasteiger partial charge on any atom is -0.456 e. The van der Waals surface area contributed by atoms with Crippen LogP contribution in [0.1, 0.15) is 31.1 Å². The second kappa shape index (κ2) is 4.77. The lowest BCUT2D eigenvalue weighted by atomic mass is 9.76. The fraction of sp³-hybridized carbons (Fsp3) is 0.364. The molecule has 0 saturated carbocycles. The molecule has 0 bridgehead atoms. The number of carbonyl (C=O) groups excluding carboxylic acids is 1. The molecule has 1 aromatic carbocycles. The lowest BCUT2D eigenvalue weighted by molar-refractivity contribution is 0.00718. The molecule has 0 amide bonds. The largest absolute Gasteiger partial charge is 0.489 e. The number of nitrogens with two attached hydrogens (primary N) is 1. The van der Waals surface area contributed by atoms with Gasteiger partial charge in [-0.2, -0.15) is 0 Å². The molecule has 0 atom stereocenters. The van der Waals surface area contributed by atoms with Gasteiger partial charge in [-0.3, -0.25) is 0 Å². The van der Waals surface area contributed by atoms with E-state index in [-0.39, 0.29) is 16.7 Å². The topological polar surface area (TPSA) is 92.8 Å². The Morgan fingerprint density at radius 1 is 1.35 bits per heavy atom. The molecule has 0 saturated heterocycles. The molecule has 1 aromatic rings. The molecule has 0 fully saturated rings. The Labute approximate surface area is 100 Å². The van der Waals surface area contributed by atoms with E-state index in [1.807, 2.05) is 0 Å². The maximum absolute atomic E-state index is 11.9. The normalized spacial score (nSPS) is 11.1. The SMILES string of the molecule is CC(C)(C)OC(=O)c1c(N)cccc1B(O)O. The van der Waals surface area contributed by atoms with Crippen LogP contribution in [0.15, 0.2) is 18.2 Å². The Balaban J connectivity index is 3.16. The zero-order valence-electron chi connectivity index (χ0n) is 10.1. The number of carbonyl (C=O) groups is 1. The summed E-state index contributed by atoms with van der Waals surface area (Å²) in [4.78, 5) is 11.9. The zero-order chi connectivity index (χ0) is 13.2. The Kier molecular flexibility index (Phi) is 3.80. The minimum atomic E-state index is -1.76. The summed E-state index contributed by atoms with van der Waals surface area (Å²) in [7, 11) is -1.76. The van der Waals surface area contributed by atoms with Crippen molar-refractivity contribution in [1.29, 1.82) is 0 Å². The van der Waals surface area contributed by atoms with Gasteiger partial charge in [-0.25, -0.2) is 4.79 Å². The molecular formula is C11H16BNO4. The first-order valence-electron chi connectivity index (χ1n) is 5.20. The number of ether oxygens (including phenoxy) is 1. The van der Waals surface area contributed by atoms with Gasteiger partial charge in [0.15, 0.2) is 0 Å². The highest BCUT2D eigenvalue weighted by Crippen LogP contribution is 2.15. The van der Waals surface area contributed by atoms with Crippen LogP contribution in [0, 0.1) is 0 Å². The van der Waals surface area contributed by atoms with Crippen molar-refractivity contribution in [3.8, 4) is 0 Å². The average Bonchev–Trinajstić information content (AvgIpc) is 2.13. The number of esters is 1. The summed E-state index contributed by atoms with van der Waals surface area (Å²) >= 11 is 0. The second-order valence-electron chi connectivity index (χ2n) is 4.69. The summed E-state index contributed by atoms with van der Waals surface area (Å²) in [5, 5.41) is 18.3. The lowest BCUT2D eigenvalue weighted by Crippen LogP contribution is -2.37. The molecule has 92 valence electrons. The fourth-order valence-corrected chi connectivity index (χ4v) is 1.37. The van der Waals surface area contributed by atoms with Crippen LogP contribution in [0.4, 0.5) is 5.69 Å². The van der Waals surface area contributed by atoms with E-state index in [2.05, 4.69) is 0 Å². The fourth-order valence-electron chi connectivity index (χ4n) is 1.37. The minimum absolute atomic E-state index is 0.00238. The Hall–Kier alpha value is -1.53. The highest BCUT2D eigenvalue weighted by atomic mass is 16.6. The first kappa shape index (κ1) is 13.5. The average molecular weight is 237 g/mol. The smallest absolute Gasteiger partial charge is 0.456 e. The van der Waals surface area contributed by atoms with Crippen molar-refractivity contribution in [2.24, 2.45) is 0 Å². The Morgan fingerprint density at radius 3 is 2.41 bits per heavy atom. The molecule has 17 heavy (non-hydrogen) atoms. The molecule has 0 heterocycles. The molecule has 1 rings (SSSR count). The Morgan fingerprint density at radius 2 is 1.94 bits per heavy atom. The summed E-state index contributed by atoms with van der Waals surface area (Å²) in [5.74, 6) is -0.668. The molecule has 0 unspecified atom stereocenters. The molecule has 6 heteroatoms. The third-order valence-electron chi connectivity index (χ3n) is 2.01. The summed E-state index contributed by atoms with van der Waals surface area (Å²) in [6.45, 7) is 5.16. The van der Waals surface area contributed by atoms with Crippen LogP contribution >= 0.6 is 0 Å². The maximum atomic E-state index is 11.9. The molecule has 0 spiro atoms. The zero-order valence-corrected chi connectivity index (χ0v) is 10.1. The molecule has 0 aliphatic rings. The van der Waals surface area contributed by atoms with Crippen molar-refractivity contribution in [1.82, 2.24) is 0 Å². The summed E-state index contributed by atoms with van der Waals surface area (Å²) in [6, 6.07) is 4.46. The number of hydrogen-bond donors (Lipinski definition) is 3. The van der Waals surface area contributed by atoms with Crippen molar-refractivity contribution in [3.63, 3.8) is 0 Å². The van der Waals surface area contributed by atoms with Gasteiger partial charge in [0, 0.05) is 5.69 Å². The van der Waals surface area contributed by atoms with Crippen LogP contribution in [-0.2, 0) is 4.74 Å². The van der Waals surface area contributed by atoms with Crippen LogP contribution in [0.5, 0.6) is 0 Å². The van der Waals surface area contributed by atoms with E-state index in [4.69, 9.17) is 20.5 Å². The van der Waals surface area contributed by atoms with Crippen molar-refractivity contribution < 1.29 is 19.6 Å².